The van der Waals surface area contributed by atoms with Crippen LogP contribution in [-0.2, 0) is 46.1 Å². The first kappa shape index (κ1) is 33.8. The van der Waals surface area contributed by atoms with Crippen LogP contribution >= 0.6 is 0 Å². The van der Waals surface area contributed by atoms with Gasteiger partial charge in [0.2, 0.25) is 0 Å². The molecule has 1 saturated heterocycles. The predicted octanol–water partition coefficient (Wildman–Crippen LogP) is 5.00. The van der Waals surface area contributed by atoms with Crippen molar-refractivity contribution >= 4 is 23.7 Å². The summed E-state index contributed by atoms with van der Waals surface area (Å²) in [5.74, 6) is -3.06. The van der Waals surface area contributed by atoms with Crippen LogP contribution in [0.4, 0.5) is 14.9 Å². The summed E-state index contributed by atoms with van der Waals surface area (Å²) in [6, 6.07) is 24.1. The maximum atomic E-state index is 13.9. The lowest BCUT2D eigenvalue weighted by atomic mass is 9.92. The third kappa shape index (κ3) is 9.03. The Morgan fingerprint density at radius 1 is 0.851 bits per heavy atom. The average Bonchev–Trinajstić information content (AvgIpc) is 3.07. The molecule has 0 radical (unpaired) electrons. The van der Waals surface area contributed by atoms with Crippen LogP contribution in [0, 0.1) is 17.7 Å². The second-order valence-electron chi connectivity index (χ2n) is 11.5. The smallest absolute Gasteiger partial charge is 0.412 e. The minimum Gasteiger partial charge on any atom is -0.454 e. The van der Waals surface area contributed by atoms with Gasteiger partial charge in [-0.2, -0.15) is 0 Å². The van der Waals surface area contributed by atoms with Gasteiger partial charge in [0, 0.05) is 12.8 Å². The highest BCUT2D eigenvalue weighted by Crippen LogP contribution is 2.32. The van der Waals surface area contributed by atoms with Crippen LogP contribution in [-0.4, -0.2) is 67.6 Å². The van der Waals surface area contributed by atoms with Crippen molar-refractivity contribution in [2.75, 3.05) is 19.0 Å². The number of esters is 2. The van der Waals surface area contributed by atoms with Crippen LogP contribution in [0.1, 0.15) is 24.0 Å². The van der Waals surface area contributed by atoms with Crippen molar-refractivity contribution in [3.05, 3.63) is 114 Å². The number of hydrogen-bond donors (Lipinski definition) is 2. The molecule has 5 rings (SSSR count). The van der Waals surface area contributed by atoms with E-state index in [0.29, 0.717) is 25.7 Å². The summed E-state index contributed by atoms with van der Waals surface area (Å²) in [6.45, 7) is -0.653. The van der Waals surface area contributed by atoms with Gasteiger partial charge < -0.3 is 28.8 Å². The minimum absolute atomic E-state index is 0.110. The highest BCUT2D eigenvalue weighted by atomic mass is 19.1. The third-order valence-corrected chi connectivity index (χ3v) is 8.15. The molecule has 10 nitrogen and oxygen atoms in total. The molecule has 1 amide bonds. The van der Waals surface area contributed by atoms with Gasteiger partial charge in [0.1, 0.15) is 11.9 Å². The first-order valence-electron chi connectivity index (χ1n) is 15.5. The molecule has 3 aromatic carbocycles. The van der Waals surface area contributed by atoms with Gasteiger partial charge in [0.25, 0.3) is 0 Å². The Morgan fingerprint density at radius 3 is 1.96 bits per heavy atom. The Bertz CT molecular complexity index is 1520. The summed E-state index contributed by atoms with van der Waals surface area (Å²) in [5.41, 5.74) is 1.95. The molecule has 2 N–H and O–H groups in total. The number of carbonyl (C=O) groups is 3. The number of nitrogens with one attached hydrogen (secondary N) is 1. The Kier molecular flexibility index (Phi) is 11.7. The van der Waals surface area contributed by atoms with Gasteiger partial charge in [0.05, 0.1) is 18.4 Å². The van der Waals surface area contributed by atoms with Crippen LogP contribution in [0.25, 0.3) is 0 Å². The van der Waals surface area contributed by atoms with E-state index in [4.69, 9.17) is 23.7 Å². The van der Waals surface area contributed by atoms with E-state index in [1.165, 1.54) is 25.3 Å². The normalized spacial score (nSPS) is 27.2. The standard InChI is InChI=1S/C36H38FNO9/c1-43-35-32-31(30(29(22-39)44-35)47-36(42)38-28-18-10-17-27(37)21-28)45-33(40)25(19-23-11-4-2-5-12-23)15-8-9-16-26(34(41)46-32)20-24-13-6-3-7-14-24/h2-14,17-18,21,25-26,29-32,35,39H,15-16,19-20,22H2,1H3,(H,38,42)/b9-8-/t25-,26-,29-,30-,31+,32-,35+/m1/s1. The monoisotopic (exact) mass is 647 g/mol. The van der Waals surface area contributed by atoms with Crippen LogP contribution in [0.15, 0.2) is 97.1 Å². The van der Waals surface area contributed by atoms with Crippen LogP contribution in [0.2, 0.25) is 0 Å². The van der Waals surface area contributed by atoms with Crippen molar-refractivity contribution in [1.82, 2.24) is 0 Å². The van der Waals surface area contributed by atoms with E-state index in [0.717, 1.165) is 17.2 Å². The molecule has 0 saturated carbocycles. The molecule has 47 heavy (non-hydrogen) atoms. The number of rotatable bonds is 8. The molecule has 11 heteroatoms. The summed E-state index contributed by atoms with van der Waals surface area (Å²) in [4.78, 5) is 40.7. The van der Waals surface area contributed by atoms with E-state index in [2.05, 4.69) is 5.32 Å². The first-order valence-corrected chi connectivity index (χ1v) is 15.5. The quantitative estimate of drug-likeness (QED) is 0.197. The lowest BCUT2D eigenvalue weighted by Crippen LogP contribution is -2.63. The molecular weight excluding hydrogens is 609 g/mol. The molecule has 2 aliphatic rings. The summed E-state index contributed by atoms with van der Waals surface area (Å²) in [7, 11) is 1.32. The molecule has 2 heterocycles. The SMILES string of the molecule is CO[C@H]1O[C@H](CO)[C@@H](OC(=O)Nc2cccc(F)c2)[C@@H]2OC(=O)[C@@H](Cc3ccccc3)C/C=C\C[C@H](Cc3ccccc3)C(=O)O[C@@H]12. The summed E-state index contributed by atoms with van der Waals surface area (Å²) < 4.78 is 43.0. The average molecular weight is 648 g/mol. The Balaban J connectivity index is 1.49. The summed E-state index contributed by atoms with van der Waals surface area (Å²) in [5, 5.41) is 12.7. The van der Waals surface area contributed by atoms with Crippen molar-refractivity contribution in [3.8, 4) is 0 Å². The molecule has 0 spiro atoms. The number of halogens is 1. The fourth-order valence-electron chi connectivity index (χ4n) is 5.76. The van der Waals surface area contributed by atoms with E-state index >= 15 is 0 Å². The van der Waals surface area contributed by atoms with Gasteiger partial charge in [-0.3, -0.25) is 14.9 Å². The molecule has 2 aliphatic heterocycles. The fourth-order valence-corrected chi connectivity index (χ4v) is 5.76. The lowest BCUT2D eigenvalue weighted by Gasteiger charge is -2.44. The topological polar surface area (TPSA) is 130 Å². The first-order chi connectivity index (χ1) is 22.8. The largest absolute Gasteiger partial charge is 0.454 e. The van der Waals surface area contributed by atoms with Crippen molar-refractivity contribution in [3.63, 3.8) is 0 Å². The highest BCUT2D eigenvalue weighted by molar-refractivity contribution is 5.84. The van der Waals surface area contributed by atoms with E-state index in [1.807, 2.05) is 72.8 Å². The molecule has 0 aliphatic carbocycles. The van der Waals surface area contributed by atoms with Gasteiger partial charge in [-0.1, -0.05) is 78.9 Å². The molecule has 248 valence electrons. The summed E-state index contributed by atoms with van der Waals surface area (Å²) in [6.07, 6.45) is -2.66. The number of amides is 1. The molecule has 0 aromatic heterocycles. The van der Waals surface area contributed by atoms with Gasteiger partial charge in [-0.05, 0) is 55.0 Å². The van der Waals surface area contributed by atoms with Crippen molar-refractivity contribution in [2.24, 2.45) is 11.8 Å². The molecule has 0 unspecified atom stereocenters. The Hall–Kier alpha value is -4.58. The number of aliphatic hydroxyl groups is 1. The molecule has 3 aromatic rings. The van der Waals surface area contributed by atoms with E-state index in [9.17, 15) is 23.9 Å². The third-order valence-electron chi connectivity index (χ3n) is 8.15. The fraction of sp³-hybridized carbons (Fsp3) is 0.361. The van der Waals surface area contributed by atoms with Crippen molar-refractivity contribution in [2.45, 2.75) is 56.4 Å². The number of fused-ring (bicyclic) bond motifs is 1. The second kappa shape index (κ2) is 16.3. The van der Waals surface area contributed by atoms with Gasteiger partial charge >= 0.3 is 18.0 Å². The number of ether oxygens (including phenoxy) is 5. The minimum atomic E-state index is -1.44. The summed E-state index contributed by atoms with van der Waals surface area (Å²) >= 11 is 0. The van der Waals surface area contributed by atoms with E-state index in [-0.39, 0.29) is 5.69 Å². The second-order valence-corrected chi connectivity index (χ2v) is 11.5. The number of carbonyl (C=O) groups excluding carboxylic acids is 3. The zero-order valence-corrected chi connectivity index (χ0v) is 25.9. The number of aliphatic hydroxyl groups excluding tert-OH is 1. The van der Waals surface area contributed by atoms with Crippen LogP contribution in [0.5, 0.6) is 0 Å². The van der Waals surface area contributed by atoms with Crippen molar-refractivity contribution in [1.29, 1.82) is 0 Å². The van der Waals surface area contributed by atoms with Gasteiger partial charge in [0.15, 0.2) is 24.6 Å². The number of methoxy groups -OCH3 is 1. The number of hydrogen-bond acceptors (Lipinski definition) is 9. The Labute approximate surface area is 272 Å². The number of anilines is 1. The maximum absolute atomic E-state index is 13.9. The lowest BCUT2D eigenvalue weighted by molar-refractivity contribution is -0.300. The van der Waals surface area contributed by atoms with E-state index in [1.54, 1.807) is 0 Å². The zero-order chi connectivity index (χ0) is 33.2. The van der Waals surface area contributed by atoms with Crippen molar-refractivity contribution < 1.29 is 47.6 Å². The molecule has 7 atom stereocenters. The molecule has 1 fully saturated rings. The van der Waals surface area contributed by atoms with Gasteiger partial charge in [-0.15, -0.1) is 0 Å². The van der Waals surface area contributed by atoms with Gasteiger partial charge in [-0.25, -0.2) is 9.18 Å². The Morgan fingerprint density at radius 2 is 1.43 bits per heavy atom. The van der Waals surface area contributed by atoms with E-state index < -0.39 is 73.0 Å². The number of benzene rings is 3. The van der Waals surface area contributed by atoms with Crippen LogP contribution in [0.3, 0.4) is 0 Å². The maximum Gasteiger partial charge on any atom is 0.412 e. The number of allylic oxidation sites excluding steroid dienone is 2. The van der Waals surface area contributed by atoms with Crippen LogP contribution < -0.4 is 5.32 Å². The molecular formula is C36H38FNO9. The zero-order valence-electron chi connectivity index (χ0n) is 25.9. The highest BCUT2D eigenvalue weighted by Gasteiger charge is 2.53. The predicted molar refractivity (Wildman–Crippen MR) is 168 cm³/mol. The molecule has 0 bridgehead atoms.